The SMILES string of the molecule is COc1ccc(N2CCN(c3nc4c(c(=O)n(C)c(=O)n4C)n3CCSc3nnnn3-c3ccccc3)CC2)cc1. The molecule has 4 heterocycles. The van der Waals surface area contributed by atoms with E-state index in [2.05, 4.69) is 37.5 Å². The van der Waals surface area contributed by atoms with Gasteiger partial charge in [-0.1, -0.05) is 30.0 Å². The van der Waals surface area contributed by atoms with Crippen molar-refractivity contribution in [3.8, 4) is 11.4 Å². The van der Waals surface area contributed by atoms with Crippen LogP contribution in [0.2, 0.25) is 0 Å². The third kappa shape index (κ3) is 4.94. The second kappa shape index (κ2) is 11.1. The van der Waals surface area contributed by atoms with Gasteiger partial charge in [0.1, 0.15) is 5.75 Å². The highest BCUT2D eigenvalue weighted by atomic mass is 32.2. The van der Waals surface area contributed by atoms with Gasteiger partial charge >= 0.3 is 5.69 Å². The number of methoxy groups -OCH3 is 1. The molecule has 1 aliphatic rings. The van der Waals surface area contributed by atoms with Crippen LogP contribution in [-0.4, -0.2) is 77.9 Å². The predicted molar refractivity (Wildman–Crippen MR) is 158 cm³/mol. The summed E-state index contributed by atoms with van der Waals surface area (Å²) in [5.74, 6) is 2.09. The molecule has 6 rings (SSSR count). The van der Waals surface area contributed by atoms with Crippen LogP contribution in [0.25, 0.3) is 16.9 Å². The number of nitrogens with zero attached hydrogens (tertiary/aromatic N) is 10. The molecule has 212 valence electrons. The summed E-state index contributed by atoms with van der Waals surface area (Å²) in [7, 11) is 4.81. The van der Waals surface area contributed by atoms with Gasteiger partial charge in [-0.25, -0.2) is 4.79 Å². The van der Waals surface area contributed by atoms with Crippen molar-refractivity contribution in [3.63, 3.8) is 0 Å². The number of para-hydroxylation sites is 1. The average Bonchev–Trinajstić information content (AvgIpc) is 3.65. The third-order valence-electron chi connectivity index (χ3n) is 7.32. The maximum atomic E-state index is 13.3. The first-order valence-corrected chi connectivity index (χ1v) is 14.2. The summed E-state index contributed by atoms with van der Waals surface area (Å²) in [6, 6.07) is 17.7. The number of aryl methyl sites for hydroxylation is 2. The molecular weight excluding hydrogens is 544 g/mol. The highest BCUT2D eigenvalue weighted by Crippen LogP contribution is 2.26. The van der Waals surface area contributed by atoms with Crippen LogP contribution >= 0.6 is 11.8 Å². The Morgan fingerprint density at radius 1 is 0.878 bits per heavy atom. The fourth-order valence-corrected chi connectivity index (χ4v) is 5.89. The molecule has 3 aromatic heterocycles. The van der Waals surface area contributed by atoms with Crippen molar-refractivity contribution in [3.05, 3.63) is 75.4 Å². The molecule has 0 unspecified atom stereocenters. The Hall–Kier alpha value is -4.59. The highest BCUT2D eigenvalue weighted by Gasteiger charge is 2.26. The lowest BCUT2D eigenvalue weighted by Crippen LogP contribution is -2.47. The summed E-state index contributed by atoms with van der Waals surface area (Å²) in [6.07, 6.45) is 0. The summed E-state index contributed by atoms with van der Waals surface area (Å²) < 4.78 is 11.5. The Labute approximate surface area is 239 Å². The molecule has 0 amide bonds. The van der Waals surface area contributed by atoms with Crippen LogP contribution in [-0.2, 0) is 20.6 Å². The van der Waals surface area contributed by atoms with Crippen LogP contribution in [0.4, 0.5) is 11.6 Å². The number of piperazine rings is 1. The Balaban J connectivity index is 1.28. The molecule has 13 nitrogen and oxygen atoms in total. The maximum absolute atomic E-state index is 13.3. The lowest BCUT2D eigenvalue weighted by atomic mass is 10.2. The molecule has 0 spiro atoms. The van der Waals surface area contributed by atoms with E-state index in [4.69, 9.17) is 9.72 Å². The van der Waals surface area contributed by atoms with Crippen molar-refractivity contribution in [2.75, 3.05) is 48.8 Å². The lowest BCUT2D eigenvalue weighted by molar-refractivity contribution is 0.415. The zero-order valence-corrected chi connectivity index (χ0v) is 23.9. The Kier molecular flexibility index (Phi) is 7.22. The van der Waals surface area contributed by atoms with E-state index >= 15 is 0 Å². The van der Waals surface area contributed by atoms with Gasteiger partial charge in [-0.05, 0) is 46.8 Å². The van der Waals surface area contributed by atoms with Crippen LogP contribution in [0, 0.1) is 0 Å². The van der Waals surface area contributed by atoms with Crippen molar-refractivity contribution in [1.29, 1.82) is 0 Å². The van der Waals surface area contributed by atoms with Gasteiger partial charge in [0.2, 0.25) is 11.1 Å². The van der Waals surface area contributed by atoms with Gasteiger partial charge in [-0.2, -0.15) is 9.67 Å². The standard InChI is InChI=1S/C27H30N10O3S/c1-32-23-22(24(38)33(2)27(32)39)36(17-18-41-26-29-30-31-37(26)20-7-5-4-6-8-20)25(28-23)35-15-13-34(14-16-35)19-9-11-21(40-3)12-10-19/h4-12H,13-18H2,1-3H3. The molecule has 41 heavy (non-hydrogen) atoms. The molecule has 0 aliphatic carbocycles. The number of rotatable bonds is 8. The average molecular weight is 575 g/mol. The topological polar surface area (TPSA) is 121 Å². The first-order valence-electron chi connectivity index (χ1n) is 13.2. The van der Waals surface area contributed by atoms with E-state index in [9.17, 15) is 9.59 Å². The molecule has 2 aromatic carbocycles. The van der Waals surface area contributed by atoms with Crippen molar-refractivity contribution in [2.45, 2.75) is 11.7 Å². The monoisotopic (exact) mass is 574 g/mol. The summed E-state index contributed by atoms with van der Waals surface area (Å²) in [5, 5.41) is 12.8. The molecule has 0 saturated carbocycles. The molecule has 0 N–H and O–H groups in total. The van der Waals surface area contributed by atoms with Gasteiger partial charge in [0.15, 0.2) is 11.2 Å². The second-order valence-electron chi connectivity index (χ2n) is 9.67. The van der Waals surface area contributed by atoms with Crippen LogP contribution < -0.4 is 25.8 Å². The van der Waals surface area contributed by atoms with Crippen LogP contribution in [0.1, 0.15) is 0 Å². The number of hydrogen-bond acceptors (Lipinski definition) is 10. The zero-order chi connectivity index (χ0) is 28.5. The minimum Gasteiger partial charge on any atom is -0.497 e. The first kappa shape index (κ1) is 26.6. The smallest absolute Gasteiger partial charge is 0.332 e. The van der Waals surface area contributed by atoms with Gasteiger partial charge in [0.25, 0.3) is 5.56 Å². The molecule has 14 heteroatoms. The van der Waals surface area contributed by atoms with Gasteiger partial charge in [0, 0.05) is 58.3 Å². The van der Waals surface area contributed by atoms with Gasteiger partial charge in [-0.15, -0.1) is 5.10 Å². The number of imidazole rings is 1. The van der Waals surface area contributed by atoms with Crippen LogP contribution in [0.5, 0.6) is 5.75 Å². The largest absolute Gasteiger partial charge is 0.497 e. The molecular formula is C27H30N10O3S. The van der Waals surface area contributed by atoms with Crippen LogP contribution in [0.15, 0.2) is 69.3 Å². The minimum absolute atomic E-state index is 0.363. The number of hydrogen-bond donors (Lipinski definition) is 0. The van der Waals surface area contributed by atoms with Crippen molar-refractivity contribution in [1.82, 2.24) is 38.9 Å². The van der Waals surface area contributed by atoms with E-state index in [1.54, 1.807) is 18.8 Å². The normalized spacial score (nSPS) is 13.7. The number of anilines is 2. The van der Waals surface area contributed by atoms with Crippen molar-refractivity contribution < 1.29 is 4.74 Å². The van der Waals surface area contributed by atoms with Gasteiger partial charge in [-0.3, -0.25) is 13.9 Å². The zero-order valence-electron chi connectivity index (χ0n) is 23.0. The summed E-state index contributed by atoms with van der Waals surface area (Å²) >= 11 is 1.49. The van der Waals surface area contributed by atoms with Crippen LogP contribution in [0.3, 0.4) is 0 Å². The Morgan fingerprint density at radius 2 is 1.59 bits per heavy atom. The number of ether oxygens (including phenoxy) is 1. The van der Waals surface area contributed by atoms with E-state index in [-0.39, 0.29) is 5.56 Å². The molecule has 1 aliphatic heterocycles. The molecule has 0 radical (unpaired) electrons. The van der Waals surface area contributed by atoms with E-state index < -0.39 is 5.69 Å². The number of aromatic nitrogens is 8. The molecule has 1 fully saturated rings. The van der Waals surface area contributed by atoms with Gasteiger partial charge < -0.3 is 19.1 Å². The molecule has 5 aromatic rings. The van der Waals surface area contributed by atoms with E-state index in [0.29, 0.717) is 47.7 Å². The molecule has 1 saturated heterocycles. The molecule has 0 bridgehead atoms. The van der Waals surface area contributed by atoms with E-state index in [1.165, 1.54) is 23.4 Å². The quantitative estimate of drug-likeness (QED) is 0.252. The first-order chi connectivity index (χ1) is 20.0. The number of thioether (sulfide) groups is 1. The van der Waals surface area contributed by atoms with Crippen molar-refractivity contribution in [2.24, 2.45) is 14.1 Å². The summed E-state index contributed by atoms with van der Waals surface area (Å²) in [6.45, 7) is 3.47. The fraction of sp³-hybridized carbons (Fsp3) is 0.333. The summed E-state index contributed by atoms with van der Waals surface area (Å²) in [5.41, 5.74) is 2.02. The third-order valence-corrected chi connectivity index (χ3v) is 8.22. The maximum Gasteiger partial charge on any atom is 0.332 e. The Bertz CT molecular complexity index is 1780. The van der Waals surface area contributed by atoms with Crippen molar-refractivity contribution >= 4 is 34.6 Å². The fourth-order valence-electron chi connectivity index (χ4n) is 5.07. The summed E-state index contributed by atoms with van der Waals surface area (Å²) in [4.78, 5) is 35.4. The van der Waals surface area contributed by atoms with E-state index in [0.717, 1.165) is 34.8 Å². The number of fused-ring (bicyclic) bond motifs is 1. The number of benzene rings is 2. The van der Waals surface area contributed by atoms with E-state index in [1.807, 2.05) is 47.0 Å². The second-order valence-corrected chi connectivity index (χ2v) is 10.7. The predicted octanol–water partition coefficient (Wildman–Crippen LogP) is 1.54. The number of tetrazole rings is 1. The highest BCUT2D eigenvalue weighted by molar-refractivity contribution is 7.99. The van der Waals surface area contributed by atoms with Gasteiger partial charge in [0.05, 0.1) is 12.8 Å². The minimum atomic E-state index is -0.403. The molecule has 0 atom stereocenters. The Morgan fingerprint density at radius 3 is 2.29 bits per heavy atom. The lowest BCUT2D eigenvalue weighted by Gasteiger charge is -2.36.